The zero-order valence-corrected chi connectivity index (χ0v) is 23.0. The smallest absolute Gasteiger partial charge is 0.234 e. The van der Waals surface area contributed by atoms with Crippen LogP contribution in [0.4, 0.5) is 5.82 Å². The van der Waals surface area contributed by atoms with Crippen molar-refractivity contribution >= 4 is 33.8 Å². The number of benzene rings is 2. The third-order valence-corrected chi connectivity index (χ3v) is 8.47. The van der Waals surface area contributed by atoms with Crippen LogP contribution in [0.1, 0.15) is 43.1 Å². The molecule has 1 saturated carbocycles. The van der Waals surface area contributed by atoms with Gasteiger partial charge in [-0.2, -0.15) is 5.10 Å². The van der Waals surface area contributed by atoms with Crippen molar-refractivity contribution in [2.24, 2.45) is 0 Å². The van der Waals surface area contributed by atoms with E-state index < -0.39 is 0 Å². The van der Waals surface area contributed by atoms with Gasteiger partial charge in [0.05, 0.1) is 36.1 Å². The van der Waals surface area contributed by atoms with Gasteiger partial charge in [0, 0.05) is 36.7 Å². The Hall–Kier alpha value is -4.51. The number of anilines is 1. The molecular formula is C30H33N9O2. The van der Waals surface area contributed by atoms with Gasteiger partial charge in [0.25, 0.3) is 0 Å². The van der Waals surface area contributed by atoms with E-state index in [0.717, 1.165) is 89.2 Å². The van der Waals surface area contributed by atoms with Crippen LogP contribution in [0.15, 0.2) is 48.8 Å². The van der Waals surface area contributed by atoms with Crippen molar-refractivity contribution in [1.82, 2.24) is 39.9 Å². The Balaban J connectivity index is 1.18. The van der Waals surface area contributed by atoms with Gasteiger partial charge < -0.3 is 20.8 Å². The van der Waals surface area contributed by atoms with Gasteiger partial charge in [-0.3, -0.25) is 9.69 Å². The fraction of sp³-hybridized carbons (Fsp3) is 0.367. The van der Waals surface area contributed by atoms with Crippen LogP contribution in [0, 0.1) is 0 Å². The van der Waals surface area contributed by atoms with Crippen molar-refractivity contribution in [3.63, 3.8) is 0 Å². The minimum absolute atomic E-state index is 0.120. The highest BCUT2D eigenvalue weighted by Gasteiger charge is 2.31. The van der Waals surface area contributed by atoms with E-state index in [1.807, 2.05) is 35.0 Å². The van der Waals surface area contributed by atoms with E-state index in [1.54, 1.807) is 7.11 Å². The summed E-state index contributed by atoms with van der Waals surface area (Å²) in [5.74, 6) is 2.25. The molecule has 1 aliphatic heterocycles. The van der Waals surface area contributed by atoms with E-state index in [-0.39, 0.29) is 11.9 Å². The van der Waals surface area contributed by atoms with Crippen LogP contribution < -0.4 is 15.8 Å². The SMILES string of the molecule is COc1ccccc1Cc1nc2ccc(-c3nn(C4CCC(N5CCNC(=O)C5)CC4)c4ncnc(N)c34)cc2[nH]1. The molecule has 11 nitrogen and oxygen atoms in total. The van der Waals surface area contributed by atoms with E-state index in [9.17, 15) is 4.79 Å². The Morgan fingerprint density at radius 3 is 2.73 bits per heavy atom. The Morgan fingerprint density at radius 1 is 1.07 bits per heavy atom. The summed E-state index contributed by atoms with van der Waals surface area (Å²) < 4.78 is 7.57. The number of carbonyl (C=O) groups excluding carboxylic acids is 1. The highest BCUT2D eigenvalue weighted by molar-refractivity contribution is 5.99. The quantitative estimate of drug-likeness (QED) is 0.292. The number of rotatable bonds is 6. The van der Waals surface area contributed by atoms with Gasteiger partial charge in [-0.1, -0.05) is 24.3 Å². The Labute approximate surface area is 237 Å². The molecule has 2 aliphatic rings. The molecule has 3 aromatic heterocycles. The van der Waals surface area contributed by atoms with Crippen LogP contribution in [0.2, 0.25) is 0 Å². The lowest BCUT2D eigenvalue weighted by atomic mass is 9.90. The number of methoxy groups -OCH3 is 1. The summed E-state index contributed by atoms with van der Waals surface area (Å²) >= 11 is 0. The summed E-state index contributed by atoms with van der Waals surface area (Å²) in [6.45, 7) is 2.13. The lowest BCUT2D eigenvalue weighted by molar-refractivity contribution is -0.125. The number of amides is 1. The summed E-state index contributed by atoms with van der Waals surface area (Å²) in [6, 6.07) is 14.7. The maximum Gasteiger partial charge on any atom is 0.234 e. The summed E-state index contributed by atoms with van der Waals surface area (Å²) in [4.78, 5) is 31.4. The number of aromatic amines is 1. The highest BCUT2D eigenvalue weighted by atomic mass is 16.5. The zero-order chi connectivity index (χ0) is 27.9. The fourth-order valence-electron chi connectivity index (χ4n) is 6.41. The number of ether oxygens (including phenoxy) is 1. The summed E-state index contributed by atoms with van der Waals surface area (Å²) in [7, 11) is 1.68. The van der Waals surface area contributed by atoms with Crippen molar-refractivity contribution < 1.29 is 9.53 Å². The van der Waals surface area contributed by atoms with E-state index in [2.05, 4.69) is 37.3 Å². The number of aromatic nitrogens is 6. The molecule has 2 aromatic carbocycles. The number of nitrogens with one attached hydrogen (secondary N) is 2. The van der Waals surface area contributed by atoms with Gasteiger partial charge in [-0.15, -0.1) is 0 Å². The maximum atomic E-state index is 11.9. The molecule has 0 atom stereocenters. The predicted molar refractivity (Wildman–Crippen MR) is 156 cm³/mol. The second kappa shape index (κ2) is 10.5. The topological polar surface area (TPSA) is 140 Å². The van der Waals surface area contributed by atoms with Crippen LogP contribution in [0.5, 0.6) is 5.75 Å². The van der Waals surface area contributed by atoms with Gasteiger partial charge in [-0.05, 0) is 43.9 Å². The van der Waals surface area contributed by atoms with Gasteiger partial charge in [0.2, 0.25) is 5.91 Å². The van der Waals surface area contributed by atoms with Crippen molar-refractivity contribution in [3.05, 3.63) is 60.2 Å². The van der Waals surface area contributed by atoms with Crippen molar-refractivity contribution in [3.8, 4) is 17.0 Å². The predicted octanol–water partition coefficient (Wildman–Crippen LogP) is 3.47. The third kappa shape index (κ3) is 4.76. The van der Waals surface area contributed by atoms with E-state index >= 15 is 0 Å². The van der Waals surface area contributed by atoms with E-state index in [1.165, 1.54) is 6.33 Å². The first kappa shape index (κ1) is 25.5. The first-order chi connectivity index (χ1) is 20.1. The van der Waals surface area contributed by atoms with Gasteiger partial charge >= 0.3 is 0 Å². The van der Waals surface area contributed by atoms with Crippen molar-refractivity contribution in [2.45, 2.75) is 44.2 Å². The van der Waals surface area contributed by atoms with E-state index in [4.69, 9.17) is 20.6 Å². The molecule has 1 amide bonds. The molecule has 0 spiro atoms. The van der Waals surface area contributed by atoms with Crippen molar-refractivity contribution in [2.75, 3.05) is 32.5 Å². The van der Waals surface area contributed by atoms with Crippen LogP contribution in [0.25, 0.3) is 33.3 Å². The number of nitrogen functional groups attached to an aromatic ring is 1. The number of nitrogens with two attached hydrogens (primary N) is 1. The summed E-state index contributed by atoms with van der Waals surface area (Å²) in [6.07, 6.45) is 6.12. The molecular weight excluding hydrogens is 518 g/mol. The van der Waals surface area contributed by atoms with Gasteiger partial charge in [0.1, 0.15) is 29.4 Å². The number of fused-ring (bicyclic) bond motifs is 2. The van der Waals surface area contributed by atoms with Crippen LogP contribution in [-0.4, -0.2) is 73.3 Å². The average molecular weight is 552 g/mol. The third-order valence-electron chi connectivity index (χ3n) is 8.47. The molecule has 41 heavy (non-hydrogen) atoms. The lowest BCUT2D eigenvalue weighted by Crippen LogP contribution is -2.52. The van der Waals surface area contributed by atoms with E-state index in [0.29, 0.717) is 24.8 Å². The molecule has 1 saturated heterocycles. The normalized spacial score (nSPS) is 20.0. The monoisotopic (exact) mass is 551 g/mol. The minimum Gasteiger partial charge on any atom is -0.496 e. The first-order valence-corrected chi connectivity index (χ1v) is 14.2. The molecule has 0 unspecified atom stereocenters. The highest BCUT2D eigenvalue weighted by Crippen LogP contribution is 2.37. The number of nitrogens with zero attached hydrogens (tertiary/aromatic N) is 6. The zero-order valence-electron chi connectivity index (χ0n) is 23.0. The molecule has 4 heterocycles. The molecule has 0 radical (unpaired) electrons. The summed E-state index contributed by atoms with van der Waals surface area (Å²) in [5, 5.41) is 8.80. The number of para-hydroxylation sites is 1. The summed E-state index contributed by atoms with van der Waals surface area (Å²) in [5.41, 5.74) is 11.8. The second-order valence-corrected chi connectivity index (χ2v) is 10.9. The van der Waals surface area contributed by atoms with Gasteiger partial charge in [0.15, 0.2) is 5.65 Å². The number of imidazole rings is 1. The molecule has 4 N–H and O–H groups in total. The number of piperazine rings is 1. The van der Waals surface area contributed by atoms with Crippen LogP contribution in [-0.2, 0) is 11.2 Å². The van der Waals surface area contributed by atoms with Gasteiger partial charge in [-0.25, -0.2) is 19.6 Å². The second-order valence-electron chi connectivity index (χ2n) is 10.9. The Morgan fingerprint density at radius 2 is 1.90 bits per heavy atom. The molecule has 0 bridgehead atoms. The molecule has 5 aromatic rings. The maximum absolute atomic E-state index is 11.9. The molecule has 2 fully saturated rings. The largest absolute Gasteiger partial charge is 0.496 e. The number of hydrogen-bond acceptors (Lipinski definition) is 8. The average Bonchev–Trinajstić information content (AvgIpc) is 3.59. The fourth-order valence-corrected chi connectivity index (χ4v) is 6.41. The number of hydrogen-bond donors (Lipinski definition) is 3. The number of carbonyl (C=O) groups is 1. The van der Waals surface area contributed by atoms with Crippen LogP contribution in [0.3, 0.4) is 0 Å². The Bertz CT molecular complexity index is 1730. The Kier molecular flexibility index (Phi) is 6.50. The number of H-pyrrole nitrogens is 1. The first-order valence-electron chi connectivity index (χ1n) is 14.2. The van der Waals surface area contributed by atoms with Crippen molar-refractivity contribution in [1.29, 1.82) is 0 Å². The standard InChI is InChI=1S/C30H33N9O2/c1-41-24-5-3-2-4-18(24)15-25-35-22-11-6-19(14-23(22)36-25)28-27-29(31)33-17-34-30(27)39(37-28)21-9-7-20(8-10-21)38-13-12-32-26(40)16-38/h2-6,11,14,17,20-21H,7-10,12-13,15-16H2,1H3,(H,32,40)(H,35,36)(H2,31,33,34). The molecule has 11 heteroatoms. The lowest BCUT2D eigenvalue weighted by Gasteiger charge is -2.38. The van der Waals surface area contributed by atoms with Crippen LogP contribution >= 0.6 is 0 Å². The molecule has 1 aliphatic carbocycles. The molecule has 7 rings (SSSR count). The minimum atomic E-state index is 0.120. The molecule has 210 valence electrons.